The molecule has 1 rings (SSSR count). The molecule has 0 radical (unpaired) electrons. The third-order valence-electron chi connectivity index (χ3n) is 3.52. The van der Waals surface area contributed by atoms with Crippen molar-refractivity contribution in [3.63, 3.8) is 0 Å². The molecule has 0 aliphatic carbocycles. The molecule has 1 amide bonds. The summed E-state index contributed by atoms with van der Waals surface area (Å²) in [5, 5.41) is 5.57. The van der Waals surface area contributed by atoms with Crippen molar-refractivity contribution in [2.45, 2.75) is 72.1 Å². The lowest BCUT2D eigenvalue weighted by molar-refractivity contribution is -0.157. The van der Waals surface area contributed by atoms with Crippen LogP contribution in [-0.4, -0.2) is 48.4 Å². The van der Waals surface area contributed by atoms with E-state index in [0.29, 0.717) is 6.61 Å². The number of carbonyl (C=O) groups is 3. The van der Waals surface area contributed by atoms with Crippen LogP contribution in [0.5, 0.6) is 0 Å². The Morgan fingerprint density at radius 3 is 2.00 bits per heavy atom. The molecule has 0 unspecified atom stereocenters. The Labute approximate surface area is 178 Å². The van der Waals surface area contributed by atoms with Crippen LogP contribution in [0.4, 0.5) is 10.5 Å². The third-order valence-corrected chi connectivity index (χ3v) is 3.52. The average Bonchev–Trinajstić information content (AvgIpc) is 2.57. The predicted molar refractivity (Wildman–Crippen MR) is 114 cm³/mol. The van der Waals surface area contributed by atoms with E-state index in [2.05, 4.69) is 10.6 Å². The second-order valence-corrected chi connectivity index (χ2v) is 8.79. The van der Waals surface area contributed by atoms with Gasteiger partial charge in [0.05, 0.1) is 6.61 Å². The highest BCUT2D eigenvalue weighted by Crippen LogP contribution is 2.15. The number of alkyl carbamates (subject to hydrolysis) is 1. The van der Waals surface area contributed by atoms with Gasteiger partial charge < -0.3 is 24.8 Å². The predicted octanol–water partition coefficient (Wildman–Crippen LogP) is 3.44. The van der Waals surface area contributed by atoms with Crippen molar-refractivity contribution in [3.8, 4) is 0 Å². The molecule has 8 heteroatoms. The highest BCUT2D eigenvalue weighted by Gasteiger charge is 2.28. The number of esters is 2. The molecular weight excluding hydrogens is 388 g/mol. The van der Waals surface area contributed by atoms with Crippen molar-refractivity contribution in [1.82, 2.24) is 5.32 Å². The van der Waals surface area contributed by atoms with Gasteiger partial charge in [-0.05, 0) is 66.2 Å². The second kappa shape index (κ2) is 10.8. The van der Waals surface area contributed by atoms with Gasteiger partial charge in [0.25, 0.3) is 0 Å². The maximum absolute atomic E-state index is 12.6. The summed E-state index contributed by atoms with van der Waals surface area (Å²) in [6, 6.07) is 6.28. The number of carbonyl (C=O) groups excluding carboxylic acids is 3. The summed E-state index contributed by atoms with van der Waals surface area (Å²) < 4.78 is 15.6. The van der Waals surface area contributed by atoms with Crippen molar-refractivity contribution in [1.29, 1.82) is 0 Å². The van der Waals surface area contributed by atoms with Gasteiger partial charge in [-0.15, -0.1) is 0 Å². The summed E-state index contributed by atoms with van der Waals surface area (Å²) in [5.74, 6) is -0.883. The fraction of sp³-hybridized carbons (Fsp3) is 0.591. The summed E-state index contributed by atoms with van der Waals surface area (Å²) >= 11 is 0. The van der Waals surface area contributed by atoms with E-state index in [1.165, 1.54) is 0 Å². The number of nitrogens with one attached hydrogen (secondary N) is 2. The molecule has 1 atom stereocenters. The van der Waals surface area contributed by atoms with Gasteiger partial charge in [-0.25, -0.2) is 9.59 Å². The molecule has 0 fully saturated rings. The summed E-state index contributed by atoms with van der Waals surface area (Å²) in [6.07, 6.45) is -0.460. The molecule has 0 aliphatic rings. The van der Waals surface area contributed by atoms with Crippen molar-refractivity contribution >= 4 is 23.7 Å². The molecule has 1 aromatic carbocycles. The number of anilines is 1. The molecule has 2 N–H and O–H groups in total. The molecule has 0 bridgehead atoms. The van der Waals surface area contributed by atoms with Gasteiger partial charge in [0, 0.05) is 12.1 Å². The molecule has 1 aromatic rings. The largest absolute Gasteiger partial charge is 0.465 e. The lowest BCUT2D eigenvalue weighted by atomic mass is 10.0. The zero-order valence-electron chi connectivity index (χ0n) is 19.0. The SMILES string of the molecule is CCOC(=O)CNc1ccc(C[C@@H](NC(=O)OC(C)(C)C)C(=O)OC(C)(C)C)cc1. The van der Waals surface area contributed by atoms with E-state index in [0.717, 1.165) is 11.3 Å². The molecule has 0 aliphatic heterocycles. The van der Waals surface area contributed by atoms with E-state index in [9.17, 15) is 14.4 Å². The summed E-state index contributed by atoms with van der Waals surface area (Å²) in [4.78, 5) is 36.2. The van der Waals surface area contributed by atoms with Crippen LogP contribution in [-0.2, 0) is 30.2 Å². The van der Waals surface area contributed by atoms with E-state index in [1.807, 2.05) is 12.1 Å². The van der Waals surface area contributed by atoms with E-state index >= 15 is 0 Å². The number of benzene rings is 1. The fourth-order valence-corrected chi connectivity index (χ4v) is 2.40. The highest BCUT2D eigenvalue weighted by molar-refractivity contribution is 5.82. The Hall–Kier alpha value is -2.77. The van der Waals surface area contributed by atoms with Crippen LogP contribution >= 0.6 is 0 Å². The topological polar surface area (TPSA) is 103 Å². The first-order valence-electron chi connectivity index (χ1n) is 10.00. The first-order valence-corrected chi connectivity index (χ1v) is 10.00. The minimum Gasteiger partial charge on any atom is -0.465 e. The Kier molecular flexibility index (Phi) is 9.14. The van der Waals surface area contributed by atoms with Gasteiger partial charge in [-0.1, -0.05) is 12.1 Å². The van der Waals surface area contributed by atoms with Crippen molar-refractivity contribution < 1.29 is 28.6 Å². The maximum Gasteiger partial charge on any atom is 0.408 e. The molecule has 0 spiro atoms. The molecule has 0 saturated carbocycles. The summed E-state index contributed by atoms with van der Waals surface area (Å²) in [7, 11) is 0. The maximum atomic E-state index is 12.6. The molecule has 30 heavy (non-hydrogen) atoms. The van der Waals surface area contributed by atoms with Crippen molar-refractivity contribution in [2.24, 2.45) is 0 Å². The Morgan fingerprint density at radius 1 is 0.933 bits per heavy atom. The smallest absolute Gasteiger partial charge is 0.408 e. The van der Waals surface area contributed by atoms with Crippen LogP contribution < -0.4 is 10.6 Å². The van der Waals surface area contributed by atoms with Gasteiger partial charge in [-0.2, -0.15) is 0 Å². The minimum absolute atomic E-state index is 0.0634. The summed E-state index contributed by atoms with van der Waals surface area (Å²) in [5.41, 5.74) is 0.171. The fourth-order valence-electron chi connectivity index (χ4n) is 2.40. The van der Waals surface area contributed by atoms with Crippen LogP contribution in [0.3, 0.4) is 0 Å². The normalized spacial score (nSPS) is 12.5. The highest BCUT2D eigenvalue weighted by atomic mass is 16.6. The van der Waals surface area contributed by atoms with Crippen molar-refractivity contribution in [2.75, 3.05) is 18.5 Å². The van der Waals surface area contributed by atoms with Crippen LogP contribution in [0.25, 0.3) is 0 Å². The van der Waals surface area contributed by atoms with Gasteiger partial charge in [-0.3, -0.25) is 4.79 Å². The lowest BCUT2D eigenvalue weighted by Gasteiger charge is -2.26. The van der Waals surface area contributed by atoms with E-state index in [-0.39, 0.29) is 18.9 Å². The van der Waals surface area contributed by atoms with E-state index in [4.69, 9.17) is 14.2 Å². The Morgan fingerprint density at radius 2 is 1.50 bits per heavy atom. The third kappa shape index (κ3) is 10.7. The number of hydrogen-bond acceptors (Lipinski definition) is 7. The number of rotatable bonds is 8. The van der Waals surface area contributed by atoms with Crippen LogP contribution in [0, 0.1) is 0 Å². The van der Waals surface area contributed by atoms with Gasteiger partial charge in [0.2, 0.25) is 0 Å². The molecule has 0 heterocycles. The molecule has 168 valence electrons. The first-order chi connectivity index (χ1) is 13.8. The van der Waals surface area contributed by atoms with Crippen molar-refractivity contribution in [3.05, 3.63) is 29.8 Å². The average molecular weight is 423 g/mol. The molecule has 0 aromatic heterocycles. The zero-order valence-corrected chi connectivity index (χ0v) is 19.0. The molecular formula is C22H34N2O6. The number of amides is 1. The Bertz CT molecular complexity index is 717. The standard InChI is InChI=1S/C22H34N2O6/c1-8-28-18(25)14-23-16-11-9-15(10-12-16)13-17(19(26)29-21(2,3)4)24-20(27)30-22(5,6)7/h9-12,17,23H,8,13-14H2,1-7H3,(H,24,27)/t17-/m1/s1. The Balaban J connectivity index is 2.83. The van der Waals surface area contributed by atoms with Gasteiger partial charge in [0.1, 0.15) is 23.8 Å². The minimum atomic E-state index is -0.905. The second-order valence-electron chi connectivity index (χ2n) is 8.79. The van der Waals surface area contributed by atoms with Crippen LogP contribution in [0.2, 0.25) is 0 Å². The first kappa shape index (κ1) is 25.3. The number of hydrogen-bond donors (Lipinski definition) is 2. The quantitative estimate of drug-likeness (QED) is 0.489. The lowest BCUT2D eigenvalue weighted by Crippen LogP contribution is -2.47. The monoisotopic (exact) mass is 422 g/mol. The number of ether oxygens (including phenoxy) is 3. The van der Waals surface area contributed by atoms with Gasteiger partial charge in [0.15, 0.2) is 0 Å². The zero-order chi connectivity index (χ0) is 22.9. The molecule has 0 saturated heterocycles. The van der Waals surface area contributed by atoms with Crippen LogP contribution in [0.15, 0.2) is 24.3 Å². The van der Waals surface area contributed by atoms with Crippen LogP contribution in [0.1, 0.15) is 54.0 Å². The van der Waals surface area contributed by atoms with Gasteiger partial charge >= 0.3 is 18.0 Å². The van der Waals surface area contributed by atoms with E-state index in [1.54, 1.807) is 60.6 Å². The molecule has 8 nitrogen and oxygen atoms in total. The summed E-state index contributed by atoms with van der Waals surface area (Å²) in [6.45, 7) is 12.7. The van der Waals surface area contributed by atoms with E-state index < -0.39 is 29.3 Å².